The summed E-state index contributed by atoms with van der Waals surface area (Å²) in [7, 11) is 0. The van der Waals surface area contributed by atoms with Crippen molar-refractivity contribution in [3.05, 3.63) is 60.8 Å². The fourth-order valence-corrected chi connectivity index (χ4v) is 8.95. The van der Waals surface area contributed by atoms with Crippen LogP contribution in [0.25, 0.3) is 0 Å². The molecule has 0 aliphatic carbocycles. The molecule has 0 heterocycles. The molecule has 0 rings (SSSR count). The second kappa shape index (κ2) is 57.4. The first kappa shape index (κ1) is 64.1. The van der Waals surface area contributed by atoms with Gasteiger partial charge in [-0.05, 0) is 77.0 Å². The lowest BCUT2D eigenvalue weighted by Crippen LogP contribution is -2.45. The van der Waals surface area contributed by atoms with Gasteiger partial charge < -0.3 is 15.5 Å². The Bertz CT molecular complexity index is 1090. The Balaban J connectivity index is 3.54. The summed E-state index contributed by atoms with van der Waals surface area (Å²) in [5.74, 6) is -0.0756. The van der Waals surface area contributed by atoms with Crippen molar-refractivity contribution in [3.63, 3.8) is 0 Å². The second-order valence-electron chi connectivity index (χ2n) is 20.0. The highest BCUT2D eigenvalue weighted by Crippen LogP contribution is 2.17. The number of carbonyl (C=O) groups is 1. The molecule has 1 amide bonds. The minimum Gasteiger partial charge on any atom is -0.394 e. The summed E-state index contributed by atoms with van der Waals surface area (Å²) < 4.78 is 0. The Labute approximate surface area is 413 Å². The number of allylic oxidation sites excluding steroid dienone is 9. The molecule has 0 bridgehead atoms. The molecule has 0 saturated carbocycles. The van der Waals surface area contributed by atoms with Crippen LogP contribution < -0.4 is 5.32 Å². The van der Waals surface area contributed by atoms with Crippen LogP contribution in [-0.2, 0) is 4.79 Å². The standard InChI is InChI=1S/C62H115NO3/c1-3-5-7-9-11-13-15-17-19-21-23-25-27-29-31-33-35-37-39-41-43-45-47-49-51-53-55-57-61(65)60(59-64)63-62(66)58-56-54-52-50-48-46-44-42-40-38-36-34-32-30-28-26-24-22-20-18-16-14-12-10-8-6-4-2/h16,18,22,24,39,41,47,49,55,57,60-61,64-65H,3-15,17,19-21,23,25-38,40,42-46,48,50-54,56,58-59H2,1-2H3,(H,63,66)/b18-16-,24-22-,41-39+,49-47+,57-55+. The topological polar surface area (TPSA) is 69.6 Å². The molecular formula is C62H115NO3. The van der Waals surface area contributed by atoms with Crippen LogP contribution in [0.5, 0.6) is 0 Å². The normalized spacial score (nSPS) is 13.2. The van der Waals surface area contributed by atoms with Crippen molar-refractivity contribution in [1.82, 2.24) is 5.32 Å². The number of rotatable bonds is 54. The van der Waals surface area contributed by atoms with Crippen molar-refractivity contribution < 1.29 is 15.0 Å². The molecule has 2 unspecified atom stereocenters. The molecule has 66 heavy (non-hydrogen) atoms. The maximum atomic E-state index is 12.5. The summed E-state index contributed by atoms with van der Waals surface area (Å²) in [6.45, 7) is 4.31. The zero-order valence-corrected chi connectivity index (χ0v) is 44.5. The average molecular weight is 923 g/mol. The zero-order chi connectivity index (χ0) is 47.7. The van der Waals surface area contributed by atoms with Crippen molar-refractivity contribution in [2.45, 2.75) is 321 Å². The molecule has 4 heteroatoms. The predicted octanol–water partition coefficient (Wildman–Crippen LogP) is 19.6. The summed E-state index contributed by atoms with van der Waals surface area (Å²) >= 11 is 0. The van der Waals surface area contributed by atoms with Gasteiger partial charge in [0.2, 0.25) is 5.91 Å². The van der Waals surface area contributed by atoms with Gasteiger partial charge in [-0.2, -0.15) is 0 Å². The average Bonchev–Trinajstić information content (AvgIpc) is 3.32. The first-order chi connectivity index (χ1) is 32.7. The van der Waals surface area contributed by atoms with Gasteiger partial charge in [0, 0.05) is 6.42 Å². The molecule has 0 aromatic carbocycles. The second-order valence-corrected chi connectivity index (χ2v) is 20.0. The molecule has 3 N–H and O–H groups in total. The number of hydrogen-bond donors (Lipinski definition) is 3. The van der Waals surface area contributed by atoms with Crippen molar-refractivity contribution in [1.29, 1.82) is 0 Å². The van der Waals surface area contributed by atoms with Crippen LogP contribution in [0.15, 0.2) is 60.8 Å². The number of carbonyl (C=O) groups excluding carboxylic acids is 1. The molecule has 2 atom stereocenters. The number of hydrogen-bond acceptors (Lipinski definition) is 3. The highest BCUT2D eigenvalue weighted by atomic mass is 16.3. The maximum absolute atomic E-state index is 12.5. The molecule has 0 aromatic rings. The van der Waals surface area contributed by atoms with Crippen LogP contribution in [-0.4, -0.2) is 34.9 Å². The third kappa shape index (κ3) is 53.1. The van der Waals surface area contributed by atoms with Gasteiger partial charge in [0.05, 0.1) is 18.8 Å². The minimum absolute atomic E-state index is 0.0756. The third-order valence-corrected chi connectivity index (χ3v) is 13.5. The zero-order valence-electron chi connectivity index (χ0n) is 44.5. The highest BCUT2D eigenvalue weighted by molar-refractivity contribution is 5.76. The summed E-state index contributed by atoms with van der Waals surface area (Å²) in [5, 5.41) is 23.2. The molecular weight excluding hydrogens is 807 g/mol. The Morgan fingerprint density at radius 1 is 0.364 bits per heavy atom. The van der Waals surface area contributed by atoms with Crippen molar-refractivity contribution in [2.75, 3.05) is 6.61 Å². The van der Waals surface area contributed by atoms with Gasteiger partial charge in [0.15, 0.2) is 0 Å². The van der Waals surface area contributed by atoms with Gasteiger partial charge in [-0.1, -0.05) is 286 Å². The number of amides is 1. The Hall–Kier alpha value is -1.91. The highest BCUT2D eigenvalue weighted by Gasteiger charge is 2.18. The third-order valence-electron chi connectivity index (χ3n) is 13.5. The molecule has 0 aliphatic heterocycles. The van der Waals surface area contributed by atoms with Gasteiger partial charge in [-0.3, -0.25) is 4.79 Å². The molecule has 0 spiro atoms. The fourth-order valence-electron chi connectivity index (χ4n) is 8.95. The lowest BCUT2D eigenvalue weighted by molar-refractivity contribution is -0.123. The predicted molar refractivity (Wildman–Crippen MR) is 294 cm³/mol. The van der Waals surface area contributed by atoms with E-state index in [1.54, 1.807) is 6.08 Å². The number of unbranched alkanes of at least 4 members (excludes halogenated alkanes) is 39. The van der Waals surface area contributed by atoms with Gasteiger partial charge >= 0.3 is 0 Å². The van der Waals surface area contributed by atoms with E-state index in [4.69, 9.17) is 0 Å². The maximum Gasteiger partial charge on any atom is 0.220 e. The summed E-state index contributed by atoms with van der Waals surface area (Å²) in [4.78, 5) is 12.5. The lowest BCUT2D eigenvalue weighted by Gasteiger charge is -2.19. The Morgan fingerprint density at radius 2 is 0.636 bits per heavy atom. The first-order valence-corrected chi connectivity index (χ1v) is 29.5. The fraction of sp³-hybridized carbons (Fsp3) is 0.823. The summed E-state index contributed by atoms with van der Waals surface area (Å²) in [6, 6.07) is -0.648. The van der Waals surface area contributed by atoms with Gasteiger partial charge in [0.25, 0.3) is 0 Å². The SMILES string of the molecule is CCCCCCC/C=C\C/C=C\CCCCCCCCCCCCCCCCCC(=O)NC(CO)C(O)/C=C/CC/C=C/CC/C=C/CCCCCCCCCCCCCCCCCCC. The Kier molecular flexibility index (Phi) is 55.7. The van der Waals surface area contributed by atoms with E-state index in [2.05, 4.69) is 67.8 Å². The number of nitrogens with one attached hydrogen (secondary N) is 1. The molecule has 0 radical (unpaired) electrons. The van der Waals surface area contributed by atoms with Gasteiger partial charge in [0.1, 0.15) is 0 Å². The van der Waals surface area contributed by atoms with Crippen molar-refractivity contribution in [2.24, 2.45) is 0 Å². The summed E-state index contributed by atoms with van der Waals surface area (Å²) in [5.41, 5.74) is 0. The van der Waals surface area contributed by atoms with Crippen LogP contribution in [0.2, 0.25) is 0 Å². The largest absolute Gasteiger partial charge is 0.394 e. The Morgan fingerprint density at radius 3 is 0.970 bits per heavy atom. The van der Waals surface area contributed by atoms with Crippen LogP contribution >= 0.6 is 0 Å². The van der Waals surface area contributed by atoms with E-state index in [1.807, 2.05) is 6.08 Å². The molecule has 0 aromatic heterocycles. The van der Waals surface area contributed by atoms with Crippen molar-refractivity contribution in [3.8, 4) is 0 Å². The molecule has 0 aliphatic rings. The van der Waals surface area contributed by atoms with Gasteiger partial charge in [-0.15, -0.1) is 0 Å². The van der Waals surface area contributed by atoms with Crippen LogP contribution in [0, 0.1) is 0 Å². The van der Waals surface area contributed by atoms with E-state index in [-0.39, 0.29) is 12.5 Å². The number of aliphatic hydroxyl groups is 2. The lowest BCUT2D eigenvalue weighted by atomic mass is 10.0. The van der Waals surface area contributed by atoms with E-state index in [9.17, 15) is 15.0 Å². The van der Waals surface area contributed by atoms with E-state index in [0.717, 1.165) is 44.9 Å². The van der Waals surface area contributed by atoms with Crippen molar-refractivity contribution >= 4 is 5.91 Å². The monoisotopic (exact) mass is 922 g/mol. The van der Waals surface area contributed by atoms with E-state index in [0.29, 0.717) is 6.42 Å². The molecule has 386 valence electrons. The first-order valence-electron chi connectivity index (χ1n) is 29.5. The quantitative estimate of drug-likeness (QED) is 0.0420. The van der Waals surface area contributed by atoms with E-state index in [1.165, 1.54) is 244 Å². The van der Waals surface area contributed by atoms with Crippen LogP contribution in [0.1, 0.15) is 309 Å². The van der Waals surface area contributed by atoms with Crippen LogP contribution in [0.4, 0.5) is 0 Å². The molecule has 0 saturated heterocycles. The minimum atomic E-state index is -0.873. The summed E-state index contributed by atoms with van der Waals surface area (Å²) in [6.07, 6.45) is 81.1. The smallest absolute Gasteiger partial charge is 0.220 e. The number of aliphatic hydroxyl groups excluding tert-OH is 2. The van der Waals surface area contributed by atoms with Gasteiger partial charge in [-0.25, -0.2) is 0 Å². The van der Waals surface area contributed by atoms with E-state index < -0.39 is 12.1 Å². The van der Waals surface area contributed by atoms with Crippen LogP contribution in [0.3, 0.4) is 0 Å². The molecule has 4 nitrogen and oxygen atoms in total. The van der Waals surface area contributed by atoms with E-state index >= 15 is 0 Å². The molecule has 0 fully saturated rings.